The van der Waals surface area contributed by atoms with Gasteiger partial charge in [-0.3, -0.25) is 9.59 Å². The van der Waals surface area contributed by atoms with Crippen molar-refractivity contribution in [3.63, 3.8) is 0 Å². The molecule has 1 unspecified atom stereocenters. The number of cyclic esters (lactones) is 1. The van der Waals surface area contributed by atoms with E-state index in [0.29, 0.717) is 0 Å². The number of hydrogen-bond acceptors (Lipinski definition) is 4. The Morgan fingerprint density at radius 3 is 2.29 bits per heavy atom. The summed E-state index contributed by atoms with van der Waals surface area (Å²) in [5, 5.41) is 0. The van der Waals surface area contributed by atoms with Gasteiger partial charge in [-0.2, -0.15) is 8.78 Å². The topological polar surface area (TPSA) is 78.6 Å². The Hall–Kier alpha value is -2.32. The van der Waals surface area contributed by atoms with E-state index in [0.717, 1.165) is 6.42 Å². The van der Waals surface area contributed by atoms with Crippen LogP contribution in [0.5, 0.6) is 5.75 Å². The van der Waals surface area contributed by atoms with E-state index < -0.39 is 53.1 Å². The Morgan fingerprint density at radius 2 is 1.86 bits per heavy atom. The van der Waals surface area contributed by atoms with E-state index in [-0.39, 0.29) is 12.5 Å². The number of esters is 1. The first-order chi connectivity index (χ1) is 9.77. The smallest absolute Gasteiger partial charge is 0.307 e. The van der Waals surface area contributed by atoms with Gasteiger partial charge < -0.3 is 15.2 Å². The molecule has 0 bridgehead atoms. The maximum Gasteiger partial charge on any atom is 0.307 e. The van der Waals surface area contributed by atoms with Crippen LogP contribution in [-0.4, -0.2) is 24.1 Å². The van der Waals surface area contributed by atoms with Crippen LogP contribution in [0.25, 0.3) is 0 Å². The van der Waals surface area contributed by atoms with Gasteiger partial charge in [-0.05, 0) is 0 Å². The molecule has 1 heterocycles. The fourth-order valence-corrected chi connectivity index (χ4v) is 1.70. The largest absolute Gasteiger partial charge is 0.483 e. The van der Waals surface area contributed by atoms with Crippen LogP contribution in [-0.2, 0) is 14.3 Å². The van der Waals surface area contributed by atoms with Crippen LogP contribution < -0.4 is 10.5 Å². The zero-order valence-corrected chi connectivity index (χ0v) is 10.3. The highest BCUT2D eigenvalue weighted by molar-refractivity contribution is 5.92. The third kappa shape index (κ3) is 2.63. The van der Waals surface area contributed by atoms with E-state index in [4.69, 9.17) is 5.73 Å². The number of amides is 1. The molecule has 1 amide bonds. The van der Waals surface area contributed by atoms with Gasteiger partial charge in [0.2, 0.25) is 17.2 Å². The fraction of sp³-hybridized carbons (Fsp3) is 0.250. The van der Waals surface area contributed by atoms with Crippen LogP contribution in [0.4, 0.5) is 17.6 Å². The van der Waals surface area contributed by atoms with Crippen LogP contribution >= 0.6 is 0 Å². The third-order valence-electron chi connectivity index (χ3n) is 2.81. The summed E-state index contributed by atoms with van der Waals surface area (Å²) in [5.74, 6) is -10.2. The molecule has 2 N–H and O–H groups in total. The van der Waals surface area contributed by atoms with Crippen molar-refractivity contribution in [3.8, 4) is 5.75 Å². The number of rotatable bonds is 4. The molecule has 1 aromatic carbocycles. The second kappa shape index (κ2) is 5.23. The predicted octanol–water partition coefficient (Wildman–Crippen LogP) is 0.997. The van der Waals surface area contributed by atoms with E-state index >= 15 is 0 Å². The number of nitrogens with two attached hydrogens (primary N) is 1. The average Bonchev–Trinajstić information content (AvgIpc) is 2.79. The van der Waals surface area contributed by atoms with Crippen LogP contribution in [0.1, 0.15) is 6.42 Å². The average molecular weight is 306 g/mol. The molecule has 0 saturated carbocycles. The predicted molar refractivity (Wildman–Crippen MR) is 58.7 cm³/mol. The summed E-state index contributed by atoms with van der Waals surface area (Å²) in [4.78, 5) is 22.3. The van der Waals surface area contributed by atoms with E-state index in [2.05, 4.69) is 9.47 Å². The number of halogens is 4. The maximum atomic E-state index is 13.4. The highest BCUT2D eigenvalue weighted by atomic mass is 19.2. The lowest BCUT2D eigenvalue weighted by Crippen LogP contribution is -2.49. The minimum Gasteiger partial charge on any atom is -0.483 e. The third-order valence-corrected chi connectivity index (χ3v) is 2.81. The monoisotopic (exact) mass is 306 g/mol. The van der Waals surface area contributed by atoms with Gasteiger partial charge in [-0.1, -0.05) is 0 Å². The lowest BCUT2D eigenvalue weighted by molar-refractivity contribution is -0.158. The van der Waals surface area contributed by atoms with Crippen molar-refractivity contribution in [2.75, 3.05) is 6.61 Å². The van der Waals surface area contributed by atoms with Gasteiger partial charge >= 0.3 is 5.97 Å². The Morgan fingerprint density at radius 1 is 1.29 bits per heavy atom. The SMILES string of the molecule is NC(=O)C1(COc2c(F)c(F)cc(F)c2F)[CH]CC(=O)O1. The van der Waals surface area contributed by atoms with Crippen molar-refractivity contribution in [1.29, 1.82) is 0 Å². The number of carbonyl (C=O) groups excluding carboxylic acids is 2. The minimum atomic E-state index is -2.04. The lowest BCUT2D eigenvalue weighted by Gasteiger charge is -2.23. The van der Waals surface area contributed by atoms with Crippen molar-refractivity contribution >= 4 is 11.9 Å². The molecule has 5 nitrogen and oxygen atoms in total. The molecular formula is C12H8F4NO4. The summed E-state index contributed by atoms with van der Waals surface area (Å²) in [6.45, 7) is -0.912. The van der Waals surface area contributed by atoms with Crippen molar-refractivity contribution in [3.05, 3.63) is 35.8 Å². The Bertz CT molecular complexity index is 596. The molecule has 1 radical (unpaired) electrons. The molecule has 21 heavy (non-hydrogen) atoms. The van der Waals surface area contributed by atoms with E-state index in [1.54, 1.807) is 0 Å². The quantitative estimate of drug-likeness (QED) is 0.511. The maximum absolute atomic E-state index is 13.4. The van der Waals surface area contributed by atoms with Gasteiger partial charge in [0.05, 0.1) is 6.42 Å². The summed E-state index contributed by atoms with van der Waals surface area (Å²) in [5.41, 5.74) is 2.99. The second-order valence-electron chi connectivity index (χ2n) is 4.22. The highest BCUT2D eigenvalue weighted by Crippen LogP contribution is 2.30. The van der Waals surface area contributed by atoms with Crippen molar-refractivity contribution in [1.82, 2.24) is 0 Å². The Labute approximate surface area is 115 Å². The van der Waals surface area contributed by atoms with E-state index in [9.17, 15) is 27.2 Å². The number of carbonyl (C=O) groups is 2. The van der Waals surface area contributed by atoms with Crippen LogP contribution in [0.15, 0.2) is 6.07 Å². The van der Waals surface area contributed by atoms with E-state index in [1.165, 1.54) is 0 Å². The van der Waals surface area contributed by atoms with Gasteiger partial charge in [-0.25, -0.2) is 8.78 Å². The molecule has 1 saturated heterocycles. The Balaban J connectivity index is 2.27. The summed E-state index contributed by atoms with van der Waals surface area (Å²) in [6.07, 6.45) is 0.776. The normalized spacial score (nSPS) is 21.2. The molecule has 0 spiro atoms. The highest BCUT2D eigenvalue weighted by Gasteiger charge is 2.47. The minimum absolute atomic E-state index is 0.00307. The van der Waals surface area contributed by atoms with Gasteiger partial charge in [0.25, 0.3) is 5.91 Å². The molecule has 113 valence electrons. The van der Waals surface area contributed by atoms with Crippen molar-refractivity contribution in [2.24, 2.45) is 5.73 Å². The van der Waals surface area contributed by atoms with E-state index in [1.807, 2.05) is 0 Å². The zero-order valence-electron chi connectivity index (χ0n) is 10.3. The molecule has 2 rings (SSSR count). The standard InChI is InChI=1S/C12H8F4NO4/c13-5-3-6(14)9(16)10(8(5)15)20-4-12(11(17)19)2-1-7(18)21-12/h2-3H,1,4H2,(H2,17,19). The lowest BCUT2D eigenvalue weighted by atomic mass is 10.0. The summed E-state index contributed by atoms with van der Waals surface area (Å²) < 4.78 is 62.0. The van der Waals surface area contributed by atoms with Gasteiger partial charge in [0.1, 0.15) is 6.61 Å². The molecule has 1 atom stereocenters. The molecular weight excluding hydrogens is 298 g/mol. The molecule has 0 aliphatic carbocycles. The van der Waals surface area contributed by atoms with Crippen LogP contribution in [0, 0.1) is 29.7 Å². The number of primary amides is 1. The number of benzene rings is 1. The Kier molecular flexibility index (Phi) is 3.75. The second-order valence-corrected chi connectivity index (χ2v) is 4.22. The zero-order chi connectivity index (χ0) is 15.8. The fourth-order valence-electron chi connectivity index (χ4n) is 1.70. The van der Waals surface area contributed by atoms with Crippen molar-refractivity contribution in [2.45, 2.75) is 12.0 Å². The van der Waals surface area contributed by atoms with Gasteiger partial charge in [-0.15, -0.1) is 0 Å². The first kappa shape index (κ1) is 15.1. The van der Waals surface area contributed by atoms with Gasteiger partial charge in [0, 0.05) is 12.5 Å². The number of ether oxygens (including phenoxy) is 2. The molecule has 9 heteroatoms. The number of hydrogen-bond donors (Lipinski definition) is 1. The summed E-state index contributed by atoms with van der Waals surface area (Å²) in [6, 6.07) is 0.00307. The molecule has 1 fully saturated rings. The summed E-state index contributed by atoms with van der Waals surface area (Å²) in [7, 11) is 0. The van der Waals surface area contributed by atoms with Crippen LogP contribution in [0.3, 0.4) is 0 Å². The molecule has 0 aromatic heterocycles. The molecule has 1 aromatic rings. The summed E-state index contributed by atoms with van der Waals surface area (Å²) >= 11 is 0. The van der Waals surface area contributed by atoms with Crippen LogP contribution in [0.2, 0.25) is 0 Å². The van der Waals surface area contributed by atoms with Crippen molar-refractivity contribution < 1.29 is 36.6 Å². The molecule has 1 aliphatic rings. The van der Waals surface area contributed by atoms with Gasteiger partial charge in [0.15, 0.2) is 17.4 Å². The first-order valence-corrected chi connectivity index (χ1v) is 5.59. The molecule has 1 aliphatic heterocycles. The first-order valence-electron chi connectivity index (χ1n) is 5.59.